The molecule has 1 aliphatic heterocycles. The number of thiophene rings is 1. The maximum Gasteiger partial charge on any atom is 0.253 e. The average molecular weight is 416 g/mol. The van der Waals surface area contributed by atoms with Gasteiger partial charge in [-0.1, -0.05) is 42.5 Å². The van der Waals surface area contributed by atoms with Crippen LogP contribution in [0.5, 0.6) is 5.75 Å². The summed E-state index contributed by atoms with van der Waals surface area (Å²) in [4.78, 5) is 1.23. The Hall–Kier alpha value is -3.45. The molecule has 1 aliphatic rings. The van der Waals surface area contributed by atoms with E-state index in [4.69, 9.17) is 9.84 Å². The van der Waals surface area contributed by atoms with E-state index in [1.54, 1.807) is 18.4 Å². The summed E-state index contributed by atoms with van der Waals surface area (Å²) in [6.07, 6.45) is 0. The third-order valence-corrected chi connectivity index (χ3v) is 6.13. The number of methoxy groups -OCH3 is 1. The number of rotatable bonds is 4. The second-order valence-electron chi connectivity index (χ2n) is 7.18. The Balaban J connectivity index is 1.68. The monoisotopic (exact) mass is 415 g/mol. The molecule has 3 heterocycles. The van der Waals surface area contributed by atoms with Crippen molar-refractivity contribution in [1.82, 2.24) is 14.8 Å². The number of hydrogen-bond acceptors (Lipinski definition) is 6. The van der Waals surface area contributed by atoms with E-state index in [0.29, 0.717) is 6.54 Å². The van der Waals surface area contributed by atoms with E-state index in [1.807, 2.05) is 42.3 Å². The molecule has 0 spiro atoms. The Morgan fingerprint density at radius 1 is 0.967 bits per heavy atom. The van der Waals surface area contributed by atoms with Gasteiger partial charge < -0.3 is 4.74 Å². The lowest BCUT2D eigenvalue weighted by Gasteiger charge is -2.18. The summed E-state index contributed by atoms with van der Waals surface area (Å²) in [5, 5.41) is 17.0. The molecule has 30 heavy (non-hydrogen) atoms. The molecule has 0 saturated carbocycles. The Kier molecular flexibility index (Phi) is 4.59. The maximum atomic E-state index is 5.29. The minimum Gasteiger partial charge on any atom is -0.497 e. The standard InChI is InChI=1S/C23H21N5OS/c1-15-13-20-21(18-7-5-4-6-8-18)26-27(14-17-9-11-19(29-3)12-10-17)23-25-24-16(2)28(23)22(20)30-15/h4-13H,14H2,1-3H3. The van der Waals surface area contributed by atoms with Crippen molar-refractivity contribution in [2.45, 2.75) is 20.4 Å². The predicted octanol–water partition coefficient (Wildman–Crippen LogP) is 4.73. The van der Waals surface area contributed by atoms with Crippen molar-refractivity contribution in [3.8, 4) is 10.8 Å². The van der Waals surface area contributed by atoms with Gasteiger partial charge in [-0.05, 0) is 37.6 Å². The Bertz CT molecular complexity index is 1220. The van der Waals surface area contributed by atoms with Crippen LogP contribution in [0.25, 0.3) is 5.00 Å². The lowest BCUT2D eigenvalue weighted by molar-refractivity contribution is 0.414. The van der Waals surface area contributed by atoms with Crippen LogP contribution in [-0.4, -0.2) is 27.6 Å². The molecule has 0 unspecified atom stereocenters. The fraction of sp³-hybridized carbons (Fsp3) is 0.174. The largest absolute Gasteiger partial charge is 0.497 e. The van der Waals surface area contributed by atoms with Crippen LogP contribution in [-0.2, 0) is 6.54 Å². The second-order valence-corrected chi connectivity index (χ2v) is 8.41. The summed E-state index contributed by atoms with van der Waals surface area (Å²) >= 11 is 1.74. The van der Waals surface area contributed by atoms with Gasteiger partial charge in [0.1, 0.15) is 22.3 Å². The fourth-order valence-electron chi connectivity index (χ4n) is 3.63. The van der Waals surface area contributed by atoms with E-state index in [-0.39, 0.29) is 0 Å². The van der Waals surface area contributed by atoms with E-state index in [0.717, 1.165) is 44.9 Å². The van der Waals surface area contributed by atoms with Crippen molar-refractivity contribution in [3.05, 3.63) is 88.1 Å². The maximum absolute atomic E-state index is 5.29. The summed E-state index contributed by atoms with van der Waals surface area (Å²) in [6, 6.07) is 20.5. The molecule has 5 rings (SSSR count). The Labute approximate surface area is 179 Å². The minimum absolute atomic E-state index is 0.576. The van der Waals surface area contributed by atoms with Crippen molar-refractivity contribution < 1.29 is 4.74 Å². The number of ether oxygens (including phenoxy) is 1. The molecule has 4 aromatic rings. The second kappa shape index (κ2) is 7.42. The number of nitrogens with zero attached hydrogens (tertiary/aromatic N) is 5. The highest BCUT2D eigenvalue weighted by atomic mass is 32.1. The molecule has 0 N–H and O–H groups in total. The number of hydrogen-bond donors (Lipinski definition) is 0. The third-order valence-electron chi connectivity index (χ3n) is 5.09. The predicted molar refractivity (Wildman–Crippen MR) is 120 cm³/mol. The molecule has 7 heteroatoms. The highest BCUT2D eigenvalue weighted by Crippen LogP contribution is 2.35. The number of aromatic nitrogens is 3. The molecular weight excluding hydrogens is 394 g/mol. The highest BCUT2D eigenvalue weighted by molar-refractivity contribution is 7.15. The first-order valence-corrected chi connectivity index (χ1v) is 10.5. The van der Waals surface area contributed by atoms with Gasteiger partial charge in [-0.3, -0.25) is 4.57 Å². The van der Waals surface area contributed by atoms with Gasteiger partial charge in [0.25, 0.3) is 5.95 Å². The SMILES string of the molecule is COc1ccc(CN2N=C(c3ccccc3)c3cc(C)sc3-n3c(C)nnc32)cc1. The number of hydrazone groups is 1. The lowest BCUT2D eigenvalue weighted by atomic mass is 10.0. The first kappa shape index (κ1) is 18.6. The quantitative estimate of drug-likeness (QED) is 0.484. The summed E-state index contributed by atoms with van der Waals surface area (Å²) in [5.74, 6) is 2.40. The van der Waals surface area contributed by atoms with Crippen LogP contribution < -0.4 is 9.75 Å². The number of fused-ring (bicyclic) bond motifs is 3. The van der Waals surface area contributed by atoms with Crippen molar-refractivity contribution in [2.24, 2.45) is 5.10 Å². The van der Waals surface area contributed by atoms with E-state index in [9.17, 15) is 0 Å². The molecule has 0 atom stereocenters. The number of benzene rings is 2. The van der Waals surface area contributed by atoms with Crippen molar-refractivity contribution in [3.63, 3.8) is 0 Å². The van der Waals surface area contributed by atoms with E-state index >= 15 is 0 Å². The zero-order chi connectivity index (χ0) is 20.7. The molecule has 0 saturated heterocycles. The number of aryl methyl sites for hydroxylation is 2. The summed E-state index contributed by atoms with van der Waals surface area (Å²) < 4.78 is 7.40. The molecule has 2 aromatic heterocycles. The normalized spacial score (nSPS) is 12.8. The molecule has 0 aliphatic carbocycles. The first-order valence-electron chi connectivity index (χ1n) is 9.72. The summed E-state index contributed by atoms with van der Waals surface area (Å²) in [7, 11) is 1.67. The van der Waals surface area contributed by atoms with Gasteiger partial charge in [0.15, 0.2) is 0 Å². The van der Waals surface area contributed by atoms with Crippen LogP contribution >= 0.6 is 11.3 Å². The zero-order valence-corrected chi connectivity index (χ0v) is 17.8. The molecule has 0 fully saturated rings. The van der Waals surface area contributed by atoms with E-state index < -0.39 is 0 Å². The molecule has 0 radical (unpaired) electrons. The summed E-state index contributed by atoms with van der Waals surface area (Å²) in [5.41, 5.74) is 4.23. The van der Waals surface area contributed by atoms with E-state index in [1.165, 1.54) is 4.88 Å². The molecule has 0 amide bonds. The Morgan fingerprint density at radius 2 is 1.73 bits per heavy atom. The van der Waals surface area contributed by atoms with Gasteiger partial charge in [-0.2, -0.15) is 5.10 Å². The first-order chi connectivity index (χ1) is 14.6. The highest BCUT2D eigenvalue weighted by Gasteiger charge is 2.28. The van der Waals surface area contributed by atoms with Crippen LogP contribution in [0.3, 0.4) is 0 Å². The van der Waals surface area contributed by atoms with Crippen LogP contribution in [0.4, 0.5) is 5.95 Å². The van der Waals surface area contributed by atoms with Gasteiger partial charge in [0, 0.05) is 16.0 Å². The van der Waals surface area contributed by atoms with Gasteiger partial charge in [-0.15, -0.1) is 21.5 Å². The van der Waals surface area contributed by atoms with Crippen molar-refractivity contribution >= 4 is 23.0 Å². The smallest absolute Gasteiger partial charge is 0.253 e. The van der Waals surface area contributed by atoms with Crippen LogP contribution in [0.2, 0.25) is 0 Å². The van der Waals surface area contributed by atoms with Crippen LogP contribution in [0.1, 0.15) is 27.4 Å². The molecular formula is C23H21N5OS. The van der Waals surface area contributed by atoms with Crippen LogP contribution in [0.15, 0.2) is 65.8 Å². The molecule has 150 valence electrons. The molecule has 2 aromatic carbocycles. The molecule has 6 nitrogen and oxygen atoms in total. The minimum atomic E-state index is 0.576. The third kappa shape index (κ3) is 3.17. The van der Waals surface area contributed by atoms with Crippen molar-refractivity contribution in [1.29, 1.82) is 0 Å². The average Bonchev–Trinajstić information content (AvgIpc) is 3.31. The Morgan fingerprint density at radius 3 is 2.47 bits per heavy atom. The fourth-order valence-corrected chi connectivity index (χ4v) is 4.68. The zero-order valence-electron chi connectivity index (χ0n) is 17.0. The van der Waals surface area contributed by atoms with Gasteiger partial charge in [0.05, 0.1) is 13.7 Å². The topological polar surface area (TPSA) is 55.5 Å². The lowest BCUT2D eigenvalue weighted by Crippen LogP contribution is -2.20. The van der Waals surface area contributed by atoms with Crippen LogP contribution in [0, 0.1) is 13.8 Å². The molecule has 0 bridgehead atoms. The van der Waals surface area contributed by atoms with Gasteiger partial charge in [-0.25, -0.2) is 5.01 Å². The van der Waals surface area contributed by atoms with Gasteiger partial charge >= 0.3 is 0 Å². The van der Waals surface area contributed by atoms with E-state index in [2.05, 4.69) is 52.0 Å². The number of anilines is 1. The van der Waals surface area contributed by atoms with Gasteiger partial charge in [0.2, 0.25) is 0 Å². The van der Waals surface area contributed by atoms with Crippen molar-refractivity contribution in [2.75, 3.05) is 12.1 Å². The summed E-state index contributed by atoms with van der Waals surface area (Å²) in [6.45, 7) is 4.68.